The summed E-state index contributed by atoms with van der Waals surface area (Å²) in [4.78, 5) is 0. The van der Waals surface area contributed by atoms with Crippen molar-refractivity contribution in [3.63, 3.8) is 0 Å². The van der Waals surface area contributed by atoms with Crippen molar-refractivity contribution < 1.29 is 4.74 Å². The van der Waals surface area contributed by atoms with Crippen molar-refractivity contribution in [1.82, 2.24) is 0 Å². The summed E-state index contributed by atoms with van der Waals surface area (Å²) in [7, 11) is 1.67. The van der Waals surface area contributed by atoms with Crippen LogP contribution in [0.5, 0.6) is 5.75 Å². The number of nitrogens with two attached hydrogens (primary N) is 1. The minimum absolute atomic E-state index is 0.0376. The van der Waals surface area contributed by atoms with E-state index in [-0.39, 0.29) is 6.04 Å². The molecular formula is C16H18ClNO. The van der Waals surface area contributed by atoms with Crippen LogP contribution in [-0.4, -0.2) is 7.11 Å². The number of hydrogen-bond donors (Lipinski definition) is 1. The highest BCUT2D eigenvalue weighted by Crippen LogP contribution is 2.24. The lowest BCUT2D eigenvalue weighted by Gasteiger charge is -2.15. The molecule has 100 valence electrons. The summed E-state index contributed by atoms with van der Waals surface area (Å²) in [5.74, 6) is 0.859. The Kier molecular flexibility index (Phi) is 4.46. The Labute approximate surface area is 119 Å². The first-order chi connectivity index (χ1) is 9.10. The molecule has 0 spiro atoms. The van der Waals surface area contributed by atoms with Crippen LogP contribution in [0.25, 0.3) is 0 Å². The summed E-state index contributed by atoms with van der Waals surface area (Å²) in [5, 5.41) is 0.745. The number of aryl methyl sites for hydroxylation is 1. The van der Waals surface area contributed by atoms with Gasteiger partial charge in [0.15, 0.2) is 0 Å². The molecule has 0 radical (unpaired) electrons. The molecule has 0 fully saturated rings. The molecule has 3 heteroatoms. The van der Waals surface area contributed by atoms with Gasteiger partial charge in [0.1, 0.15) is 5.75 Å². The Morgan fingerprint density at radius 1 is 1.21 bits per heavy atom. The van der Waals surface area contributed by atoms with E-state index in [1.807, 2.05) is 43.3 Å². The highest BCUT2D eigenvalue weighted by atomic mass is 35.5. The molecule has 0 aliphatic heterocycles. The third-order valence-electron chi connectivity index (χ3n) is 3.22. The van der Waals surface area contributed by atoms with E-state index in [9.17, 15) is 0 Å². The molecule has 2 nitrogen and oxygen atoms in total. The van der Waals surface area contributed by atoms with Crippen LogP contribution in [-0.2, 0) is 6.42 Å². The molecule has 0 aliphatic carbocycles. The highest BCUT2D eigenvalue weighted by molar-refractivity contribution is 6.30. The van der Waals surface area contributed by atoms with Crippen LogP contribution in [0, 0.1) is 6.92 Å². The minimum atomic E-state index is -0.0376. The van der Waals surface area contributed by atoms with Crippen LogP contribution in [0.3, 0.4) is 0 Å². The smallest absolute Gasteiger partial charge is 0.119 e. The molecule has 0 amide bonds. The maximum absolute atomic E-state index is 6.29. The van der Waals surface area contributed by atoms with Gasteiger partial charge in [0.25, 0.3) is 0 Å². The van der Waals surface area contributed by atoms with E-state index >= 15 is 0 Å². The highest BCUT2D eigenvalue weighted by Gasteiger charge is 2.10. The van der Waals surface area contributed by atoms with Gasteiger partial charge in [0.05, 0.1) is 7.11 Å². The number of methoxy groups -OCH3 is 1. The number of benzene rings is 2. The number of ether oxygens (including phenoxy) is 1. The maximum atomic E-state index is 6.29. The summed E-state index contributed by atoms with van der Waals surface area (Å²) >= 11 is 5.96. The van der Waals surface area contributed by atoms with Crippen molar-refractivity contribution in [1.29, 1.82) is 0 Å². The molecule has 2 N–H and O–H groups in total. The molecule has 1 atom stereocenters. The average molecular weight is 276 g/mol. The number of hydrogen-bond acceptors (Lipinski definition) is 2. The third-order valence-corrected chi connectivity index (χ3v) is 3.46. The fraction of sp³-hybridized carbons (Fsp3) is 0.250. The zero-order chi connectivity index (χ0) is 13.8. The molecule has 0 aliphatic rings. The van der Waals surface area contributed by atoms with Gasteiger partial charge >= 0.3 is 0 Å². The summed E-state index contributed by atoms with van der Waals surface area (Å²) in [6.45, 7) is 2.03. The van der Waals surface area contributed by atoms with Gasteiger partial charge in [0.2, 0.25) is 0 Å². The van der Waals surface area contributed by atoms with E-state index in [4.69, 9.17) is 22.1 Å². The SMILES string of the molecule is COc1cccc(CC(N)c2ccc(Cl)cc2C)c1. The fourth-order valence-corrected chi connectivity index (χ4v) is 2.45. The quantitative estimate of drug-likeness (QED) is 0.918. The minimum Gasteiger partial charge on any atom is -0.497 e. The molecule has 0 saturated carbocycles. The molecule has 0 saturated heterocycles. The van der Waals surface area contributed by atoms with Crippen LogP contribution in [0.15, 0.2) is 42.5 Å². The predicted octanol–water partition coefficient (Wildman–Crippen LogP) is 3.90. The number of rotatable bonds is 4. The Morgan fingerprint density at radius 3 is 2.68 bits per heavy atom. The maximum Gasteiger partial charge on any atom is 0.119 e. The first-order valence-electron chi connectivity index (χ1n) is 6.24. The second-order valence-electron chi connectivity index (χ2n) is 4.66. The predicted molar refractivity (Wildman–Crippen MR) is 79.8 cm³/mol. The standard InChI is InChI=1S/C16H18ClNO/c1-11-8-13(17)6-7-15(11)16(18)10-12-4-3-5-14(9-12)19-2/h3-9,16H,10,18H2,1-2H3. The first-order valence-corrected chi connectivity index (χ1v) is 6.62. The molecular weight excluding hydrogens is 258 g/mol. The number of halogens is 1. The van der Waals surface area contributed by atoms with Crippen LogP contribution in [0.1, 0.15) is 22.7 Å². The largest absolute Gasteiger partial charge is 0.497 e. The first kappa shape index (κ1) is 13.9. The Balaban J connectivity index is 2.17. The normalized spacial score (nSPS) is 12.2. The van der Waals surface area contributed by atoms with Gasteiger partial charge in [-0.05, 0) is 54.3 Å². The van der Waals surface area contributed by atoms with Crippen LogP contribution in [0.2, 0.25) is 5.02 Å². The van der Waals surface area contributed by atoms with Gasteiger partial charge in [-0.15, -0.1) is 0 Å². The van der Waals surface area contributed by atoms with E-state index < -0.39 is 0 Å². The molecule has 0 bridgehead atoms. The summed E-state index contributed by atoms with van der Waals surface area (Å²) in [6, 6.07) is 13.8. The van der Waals surface area contributed by atoms with E-state index in [0.29, 0.717) is 0 Å². The Hall–Kier alpha value is -1.51. The van der Waals surface area contributed by atoms with Crippen LogP contribution in [0.4, 0.5) is 0 Å². The second kappa shape index (κ2) is 6.09. The topological polar surface area (TPSA) is 35.2 Å². The van der Waals surface area contributed by atoms with Crippen molar-refractivity contribution in [2.75, 3.05) is 7.11 Å². The molecule has 2 rings (SSSR count). The van der Waals surface area contributed by atoms with E-state index in [2.05, 4.69) is 6.07 Å². The van der Waals surface area contributed by atoms with E-state index in [0.717, 1.165) is 28.3 Å². The van der Waals surface area contributed by atoms with Crippen LogP contribution < -0.4 is 10.5 Å². The van der Waals surface area contributed by atoms with Gasteiger partial charge in [-0.3, -0.25) is 0 Å². The molecule has 2 aromatic rings. The zero-order valence-electron chi connectivity index (χ0n) is 11.2. The average Bonchev–Trinajstić information content (AvgIpc) is 2.38. The van der Waals surface area contributed by atoms with Gasteiger partial charge in [-0.2, -0.15) is 0 Å². The van der Waals surface area contributed by atoms with Crippen molar-refractivity contribution in [2.24, 2.45) is 5.73 Å². The molecule has 19 heavy (non-hydrogen) atoms. The summed E-state index contributed by atoms with van der Waals surface area (Å²) < 4.78 is 5.22. The van der Waals surface area contributed by atoms with Gasteiger partial charge < -0.3 is 10.5 Å². The van der Waals surface area contributed by atoms with Crippen molar-refractivity contribution in [3.8, 4) is 5.75 Å². The molecule has 0 aromatic heterocycles. The lowest BCUT2D eigenvalue weighted by atomic mass is 9.96. The Morgan fingerprint density at radius 2 is 2.00 bits per heavy atom. The summed E-state index contributed by atoms with van der Waals surface area (Å²) in [6.07, 6.45) is 0.777. The lowest BCUT2D eigenvalue weighted by Crippen LogP contribution is -2.14. The van der Waals surface area contributed by atoms with Crippen molar-refractivity contribution in [3.05, 3.63) is 64.2 Å². The molecule has 1 unspecified atom stereocenters. The van der Waals surface area contributed by atoms with Gasteiger partial charge in [-0.1, -0.05) is 29.8 Å². The van der Waals surface area contributed by atoms with Gasteiger partial charge in [-0.25, -0.2) is 0 Å². The molecule has 2 aromatic carbocycles. The fourth-order valence-electron chi connectivity index (χ4n) is 2.22. The van der Waals surface area contributed by atoms with E-state index in [1.54, 1.807) is 7.11 Å². The lowest BCUT2D eigenvalue weighted by molar-refractivity contribution is 0.414. The van der Waals surface area contributed by atoms with Gasteiger partial charge in [0, 0.05) is 11.1 Å². The van der Waals surface area contributed by atoms with Crippen LogP contribution >= 0.6 is 11.6 Å². The zero-order valence-corrected chi connectivity index (χ0v) is 11.9. The summed E-state index contributed by atoms with van der Waals surface area (Å²) in [5.41, 5.74) is 9.71. The molecule has 0 heterocycles. The third kappa shape index (κ3) is 3.49. The monoisotopic (exact) mass is 275 g/mol. The van der Waals surface area contributed by atoms with E-state index in [1.165, 1.54) is 5.56 Å². The second-order valence-corrected chi connectivity index (χ2v) is 5.10. The van der Waals surface area contributed by atoms with Crippen molar-refractivity contribution >= 4 is 11.6 Å². The Bertz CT molecular complexity index is 568. The van der Waals surface area contributed by atoms with Crippen molar-refractivity contribution in [2.45, 2.75) is 19.4 Å².